The highest BCUT2D eigenvalue weighted by Crippen LogP contribution is 2.17. The maximum atomic E-state index is 12.1. The number of aromatic amines is 1. The van der Waals surface area contributed by atoms with Gasteiger partial charge < -0.3 is 20.5 Å². The minimum atomic E-state index is 0.223. The van der Waals surface area contributed by atoms with E-state index in [-0.39, 0.29) is 5.91 Å². The number of H-pyrrole nitrogens is 1. The van der Waals surface area contributed by atoms with Gasteiger partial charge in [0.25, 0.3) is 0 Å². The first-order valence-electron chi connectivity index (χ1n) is 9.63. The molecule has 1 aromatic heterocycles. The van der Waals surface area contributed by atoms with E-state index >= 15 is 0 Å². The largest absolute Gasteiger partial charge is 0.361 e. The first-order valence-corrected chi connectivity index (χ1v) is 9.63. The van der Waals surface area contributed by atoms with Crippen LogP contribution in [0.3, 0.4) is 0 Å². The molecule has 1 aromatic carbocycles. The monoisotopic (exact) mass is 355 g/mol. The lowest BCUT2D eigenvalue weighted by atomic mass is 10.1. The van der Waals surface area contributed by atoms with Gasteiger partial charge in [0.1, 0.15) is 0 Å². The van der Waals surface area contributed by atoms with Crippen LogP contribution in [0, 0.1) is 0 Å². The summed E-state index contributed by atoms with van der Waals surface area (Å²) < 4.78 is 0. The average Bonchev–Trinajstić information content (AvgIpc) is 3.32. The number of hydrogen-bond acceptors (Lipinski definition) is 2. The van der Waals surface area contributed by atoms with Crippen molar-refractivity contribution in [2.24, 2.45) is 4.99 Å². The Morgan fingerprint density at radius 3 is 2.85 bits per heavy atom. The van der Waals surface area contributed by atoms with Crippen LogP contribution in [0.2, 0.25) is 0 Å². The van der Waals surface area contributed by atoms with Crippen LogP contribution in [0.25, 0.3) is 10.9 Å². The predicted molar refractivity (Wildman–Crippen MR) is 106 cm³/mol. The summed E-state index contributed by atoms with van der Waals surface area (Å²) in [6, 6.07) is 8.34. The summed E-state index contributed by atoms with van der Waals surface area (Å²) in [7, 11) is 0. The van der Waals surface area contributed by atoms with Gasteiger partial charge in [-0.3, -0.25) is 9.79 Å². The van der Waals surface area contributed by atoms with Gasteiger partial charge in [-0.25, -0.2) is 0 Å². The Kier molecular flexibility index (Phi) is 6.52. The van der Waals surface area contributed by atoms with E-state index in [4.69, 9.17) is 0 Å². The van der Waals surface area contributed by atoms with Crippen molar-refractivity contribution in [3.05, 3.63) is 36.0 Å². The van der Waals surface area contributed by atoms with E-state index in [1.54, 1.807) is 0 Å². The highest BCUT2D eigenvalue weighted by atomic mass is 16.2. The fraction of sp³-hybridized carbons (Fsp3) is 0.500. The molecule has 6 nitrogen and oxygen atoms in total. The minimum Gasteiger partial charge on any atom is -0.361 e. The van der Waals surface area contributed by atoms with Crippen LogP contribution in [0.1, 0.15) is 31.7 Å². The van der Waals surface area contributed by atoms with Crippen molar-refractivity contribution in [3.63, 3.8) is 0 Å². The molecule has 0 radical (unpaired) electrons. The second-order valence-corrected chi connectivity index (χ2v) is 6.63. The number of fused-ring (bicyclic) bond motifs is 1. The molecule has 1 aliphatic heterocycles. The van der Waals surface area contributed by atoms with Gasteiger partial charge in [-0.15, -0.1) is 0 Å². The smallest absolute Gasteiger partial charge is 0.224 e. The first kappa shape index (κ1) is 18.3. The van der Waals surface area contributed by atoms with Crippen LogP contribution < -0.4 is 10.6 Å². The molecular formula is C20H29N5O. The average molecular weight is 355 g/mol. The molecule has 1 amide bonds. The third kappa shape index (κ3) is 4.77. The molecule has 0 aliphatic carbocycles. The van der Waals surface area contributed by atoms with Gasteiger partial charge in [0, 0.05) is 49.7 Å². The van der Waals surface area contributed by atoms with Gasteiger partial charge in [0.05, 0.1) is 6.54 Å². The molecule has 6 heteroatoms. The number of likely N-dealkylation sites (tertiary alicyclic amines) is 1. The van der Waals surface area contributed by atoms with Crippen molar-refractivity contribution >= 4 is 22.8 Å². The van der Waals surface area contributed by atoms with E-state index in [1.165, 1.54) is 16.5 Å². The SMILES string of the molecule is CCNC(=NCCC(=O)N1CCCC1)NCCc1c[nH]c2ccccc12. The number of para-hydroxylation sites is 1. The lowest BCUT2D eigenvalue weighted by Crippen LogP contribution is -2.38. The van der Waals surface area contributed by atoms with Crippen LogP contribution in [0.15, 0.2) is 35.5 Å². The van der Waals surface area contributed by atoms with Gasteiger partial charge in [0.2, 0.25) is 5.91 Å². The van der Waals surface area contributed by atoms with Crippen LogP contribution in [-0.2, 0) is 11.2 Å². The minimum absolute atomic E-state index is 0.223. The molecule has 2 aromatic rings. The summed E-state index contributed by atoms with van der Waals surface area (Å²) in [6.07, 6.45) is 5.74. The van der Waals surface area contributed by atoms with E-state index in [2.05, 4.69) is 45.0 Å². The third-order valence-electron chi connectivity index (χ3n) is 4.76. The first-order chi connectivity index (χ1) is 12.8. The number of amides is 1. The van der Waals surface area contributed by atoms with Crippen LogP contribution in [0.4, 0.5) is 0 Å². The lowest BCUT2D eigenvalue weighted by molar-refractivity contribution is -0.129. The van der Waals surface area contributed by atoms with Gasteiger partial charge in [-0.1, -0.05) is 18.2 Å². The second-order valence-electron chi connectivity index (χ2n) is 6.63. The quantitative estimate of drug-likeness (QED) is 0.527. The summed E-state index contributed by atoms with van der Waals surface area (Å²) >= 11 is 0. The molecule has 1 saturated heterocycles. The zero-order valence-corrected chi connectivity index (χ0v) is 15.6. The Morgan fingerprint density at radius 1 is 1.23 bits per heavy atom. The summed E-state index contributed by atoms with van der Waals surface area (Å²) in [5.41, 5.74) is 2.47. The summed E-state index contributed by atoms with van der Waals surface area (Å²) in [5, 5.41) is 7.89. The molecule has 0 atom stereocenters. The number of nitrogens with zero attached hydrogens (tertiary/aromatic N) is 2. The maximum Gasteiger partial charge on any atom is 0.224 e. The standard InChI is InChI=1S/C20H29N5O/c1-2-21-20(23-12-10-19(26)25-13-5-6-14-25)22-11-9-16-15-24-18-8-4-3-7-17(16)18/h3-4,7-8,15,24H,2,5-6,9-14H2,1H3,(H2,21,22,23). The van der Waals surface area contributed by atoms with Crippen LogP contribution >= 0.6 is 0 Å². The number of aromatic nitrogens is 1. The number of carbonyl (C=O) groups excluding carboxylic acids is 1. The van der Waals surface area contributed by atoms with E-state index < -0.39 is 0 Å². The number of benzene rings is 1. The molecule has 0 saturated carbocycles. The molecule has 2 heterocycles. The third-order valence-corrected chi connectivity index (χ3v) is 4.76. The Balaban J connectivity index is 1.47. The fourth-order valence-electron chi connectivity index (χ4n) is 3.38. The maximum absolute atomic E-state index is 12.1. The fourth-order valence-corrected chi connectivity index (χ4v) is 3.38. The molecule has 3 rings (SSSR count). The van der Waals surface area contributed by atoms with Gasteiger partial charge in [-0.2, -0.15) is 0 Å². The normalized spacial score (nSPS) is 14.8. The topological polar surface area (TPSA) is 72.5 Å². The van der Waals surface area contributed by atoms with Crippen LogP contribution in [0.5, 0.6) is 0 Å². The van der Waals surface area contributed by atoms with Crippen molar-refractivity contribution in [2.45, 2.75) is 32.6 Å². The summed E-state index contributed by atoms with van der Waals surface area (Å²) in [6.45, 7) is 5.99. The van der Waals surface area contributed by atoms with Gasteiger partial charge in [0.15, 0.2) is 5.96 Å². The summed E-state index contributed by atoms with van der Waals surface area (Å²) in [5.74, 6) is 1.00. The van der Waals surface area contributed by atoms with E-state index in [0.29, 0.717) is 13.0 Å². The lowest BCUT2D eigenvalue weighted by Gasteiger charge is -2.15. The molecule has 0 bridgehead atoms. The van der Waals surface area contributed by atoms with Gasteiger partial charge >= 0.3 is 0 Å². The van der Waals surface area contributed by atoms with Crippen molar-refractivity contribution in [2.75, 3.05) is 32.7 Å². The molecule has 1 aliphatic rings. The molecule has 1 fully saturated rings. The predicted octanol–water partition coefficient (Wildman–Crippen LogP) is 2.28. The Hall–Kier alpha value is -2.50. The summed E-state index contributed by atoms with van der Waals surface area (Å²) in [4.78, 5) is 21.9. The highest BCUT2D eigenvalue weighted by molar-refractivity contribution is 5.83. The van der Waals surface area contributed by atoms with Crippen molar-refractivity contribution in [3.8, 4) is 0 Å². The number of carbonyl (C=O) groups is 1. The molecule has 3 N–H and O–H groups in total. The van der Waals surface area contributed by atoms with E-state index in [1.807, 2.05) is 17.9 Å². The zero-order valence-electron chi connectivity index (χ0n) is 15.6. The Bertz CT molecular complexity index is 745. The van der Waals surface area contributed by atoms with Crippen LogP contribution in [-0.4, -0.2) is 54.5 Å². The second kappa shape index (κ2) is 9.27. The molecule has 0 unspecified atom stereocenters. The van der Waals surface area contributed by atoms with Crippen molar-refractivity contribution in [1.29, 1.82) is 0 Å². The van der Waals surface area contributed by atoms with Crippen molar-refractivity contribution < 1.29 is 4.79 Å². The number of hydrogen-bond donors (Lipinski definition) is 3. The Labute approximate surface area is 155 Å². The molecule has 26 heavy (non-hydrogen) atoms. The van der Waals surface area contributed by atoms with Crippen molar-refractivity contribution in [1.82, 2.24) is 20.5 Å². The number of aliphatic imine (C=N–C) groups is 1. The highest BCUT2D eigenvalue weighted by Gasteiger charge is 2.16. The molecule has 0 spiro atoms. The van der Waals surface area contributed by atoms with E-state index in [9.17, 15) is 4.79 Å². The molecule has 140 valence electrons. The van der Waals surface area contributed by atoms with Gasteiger partial charge in [-0.05, 0) is 37.8 Å². The molecular weight excluding hydrogens is 326 g/mol. The Morgan fingerprint density at radius 2 is 2.04 bits per heavy atom. The number of nitrogens with one attached hydrogen (secondary N) is 3. The zero-order chi connectivity index (χ0) is 18.2. The number of guanidine groups is 1. The number of rotatable bonds is 7. The van der Waals surface area contributed by atoms with E-state index in [0.717, 1.165) is 51.4 Å².